The summed E-state index contributed by atoms with van der Waals surface area (Å²) in [6, 6.07) is 14.0. The van der Waals surface area contributed by atoms with Gasteiger partial charge in [0.1, 0.15) is 12.1 Å². The van der Waals surface area contributed by atoms with E-state index in [0.29, 0.717) is 19.0 Å². The van der Waals surface area contributed by atoms with Crippen LogP contribution in [-0.2, 0) is 11.3 Å². The van der Waals surface area contributed by atoms with E-state index >= 15 is 0 Å². The monoisotopic (exact) mass is 336 g/mol. The molecule has 0 bridgehead atoms. The van der Waals surface area contributed by atoms with Crippen LogP contribution in [0.3, 0.4) is 0 Å². The third-order valence-electron chi connectivity index (χ3n) is 4.34. The van der Waals surface area contributed by atoms with E-state index < -0.39 is 0 Å². The van der Waals surface area contributed by atoms with Gasteiger partial charge < -0.3 is 10.5 Å². The summed E-state index contributed by atoms with van der Waals surface area (Å²) in [5.41, 5.74) is 7.94. The quantitative estimate of drug-likeness (QED) is 0.782. The van der Waals surface area contributed by atoms with Crippen LogP contribution < -0.4 is 5.73 Å². The highest BCUT2D eigenvalue weighted by molar-refractivity contribution is 5.33. The zero-order valence-corrected chi connectivity index (χ0v) is 13.8. The number of rotatable bonds is 4. The summed E-state index contributed by atoms with van der Waals surface area (Å²) >= 11 is 0. The molecule has 3 heterocycles. The molecule has 0 unspecified atom stereocenters. The molecule has 0 spiro atoms. The van der Waals surface area contributed by atoms with E-state index in [1.165, 1.54) is 0 Å². The van der Waals surface area contributed by atoms with Crippen LogP contribution in [0.1, 0.15) is 17.4 Å². The van der Waals surface area contributed by atoms with Crippen LogP contribution in [0, 0.1) is 0 Å². The number of anilines is 1. The van der Waals surface area contributed by atoms with Gasteiger partial charge in [0.2, 0.25) is 0 Å². The number of hydrogen-bond donors (Lipinski definition) is 1. The number of pyridine rings is 1. The molecular weight excluding hydrogens is 316 g/mol. The maximum absolute atomic E-state index is 5.81. The molecule has 3 aromatic rings. The normalized spacial score (nSPS) is 18.3. The van der Waals surface area contributed by atoms with Crippen molar-refractivity contribution in [1.82, 2.24) is 24.6 Å². The molecule has 1 aliphatic rings. The summed E-state index contributed by atoms with van der Waals surface area (Å²) < 4.78 is 7.61. The summed E-state index contributed by atoms with van der Waals surface area (Å²) in [6.45, 7) is 2.89. The Balaban J connectivity index is 1.63. The van der Waals surface area contributed by atoms with Crippen LogP contribution in [0.4, 0.5) is 5.82 Å². The molecule has 0 radical (unpaired) electrons. The van der Waals surface area contributed by atoms with Crippen LogP contribution in [0.15, 0.2) is 55.0 Å². The molecule has 1 fully saturated rings. The van der Waals surface area contributed by atoms with E-state index in [-0.39, 0.29) is 6.04 Å². The largest absolute Gasteiger partial charge is 0.384 e. The zero-order valence-electron chi connectivity index (χ0n) is 13.8. The minimum Gasteiger partial charge on any atom is -0.384 e. The highest BCUT2D eigenvalue weighted by Gasteiger charge is 2.29. The van der Waals surface area contributed by atoms with Crippen LogP contribution >= 0.6 is 0 Å². The van der Waals surface area contributed by atoms with E-state index in [1.807, 2.05) is 47.1 Å². The number of nitrogens with two attached hydrogens (primary N) is 1. The maximum atomic E-state index is 5.81. The number of aromatic nitrogens is 4. The molecule has 2 aromatic heterocycles. The Morgan fingerprint density at radius 2 is 2.04 bits per heavy atom. The summed E-state index contributed by atoms with van der Waals surface area (Å²) in [7, 11) is 0. The molecule has 1 aromatic carbocycles. The van der Waals surface area contributed by atoms with Gasteiger partial charge in [-0.3, -0.25) is 4.90 Å². The molecule has 0 saturated carbocycles. The van der Waals surface area contributed by atoms with Crippen molar-refractivity contribution in [3.05, 3.63) is 66.4 Å². The Morgan fingerprint density at radius 3 is 2.88 bits per heavy atom. The molecule has 2 N–H and O–H groups in total. The van der Waals surface area contributed by atoms with Gasteiger partial charge in [-0.25, -0.2) is 14.6 Å². The number of para-hydroxylation sites is 1. The van der Waals surface area contributed by atoms with Gasteiger partial charge in [0, 0.05) is 19.3 Å². The SMILES string of the molecule is Nc1cc(CN2CCOC[C@@H]2c2ncnn2-c2ccccc2)ccn1. The fourth-order valence-corrected chi connectivity index (χ4v) is 3.14. The molecule has 1 atom stereocenters. The third-order valence-corrected chi connectivity index (χ3v) is 4.34. The van der Waals surface area contributed by atoms with E-state index in [2.05, 4.69) is 20.0 Å². The van der Waals surface area contributed by atoms with Crippen LogP contribution in [-0.4, -0.2) is 44.4 Å². The molecule has 7 heteroatoms. The lowest BCUT2D eigenvalue weighted by molar-refractivity contribution is -0.0166. The van der Waals surface area contributed by atoms with Gasteiger partial charge >= 0.3 is 0 Å². The average molecular weight is 336 g/mol. The number of nitrogens with zero attached hydrogens (tertiary/aromatic N) is 5. The predicted octanol–water partition coefficient (Wildman–Crippen LogP) is 1.82. The Morgan fingerprint density at radius 1 is 1.16 bits per heavy atom. The van der Waals surface area contributed by atoms with Crippen molar-refractivity contribution >= 4 is 5.82 Å². The predicted molar refractivity (Wildman–Crippen MR) is 94.0 cm³/mol. The first-order valence-electron chi connectivity index (χ1n) is 8.29. The fraction of sp³-hybridized carbons (Fsp3) is 0.278. The van der Waals surface area contributed by atoms with E-state index in [1.54, 1.807) is 12.5 Å². The second kappa shape index (κ2) is 7.00. The molecule has 1 saturated heterocycles. The minimum absolute atomic E-state index is 0.0332. The van der Waals surface area contributed by atoms with Crippen molar-refractivity contribution in [3.63, 3.8) is 0 Å². The van der Waals surface area contributed by atoms with Gasteiger partial charge in [0.05, 0.1) is 24.9 Å². The molecule has 0 amide bonds. The standard InChI is InChI=1S/C18H20N6O/c19-17-10-14(6-7-20-17)11-23-8-9-25-12-16(23)18-21-13-22-24(18)15-4-2-1-3-5-15/h1-7,10,13,16H,8-9,11-12H2,(H2,19,20)/t16-/m1/s1. The first kappa shape index (κ1) is 15.7. The van der Waals surface area contributed by atoms with Gasteiger partial charge in [-0.05, 0) is 29.8 Å². The summed E-state index contributed by atoms with van der Waals surface area (Å²) in [4.78, 5) is 10.9. The molecule has 1 aliphatic heterocycles. The number of hydrogen-bond acceptors (Lipinski definition) is 6. The number of morpholine rings is 1. The number of nitrogen functional groups attached to an aromatic ring is 1. The van der Waals surface area contributed by atoms with Crippen molar-refractivity contribution < 1.29 is 4.74 Å². The van der Waals surface area contributed by atoms with Crippen molar-refractivity contribution in [2.45, 2.75) is 12.6 Å². The lowest BCUT2D eigenvalue weighted by Gasteiger charge is -2.35. The van der Waals surface area contributed by atoms with Crippen molar-refractivity contribution in [3.8, 4) is 5.69 Å². The molecule has 25 heavy (non-hydrogen) atoms. The van der Waals surface area contributed by atoms with Crippen LogP contribution in [0.2, 0.25) is 0 Å². The smallest absolute Gasteiger partial charge is 0.151 e. The van der Waals surface area contributed by atoms with Gasteiger partial charge in [-0.1, -0.05) is 18.2 Å². The lowest BCUT2D eigenvalue weighted by atomic mass is 10.1. The molecule has 7 nitrogen and oxygen atoms in total. The number of benzene rings is 1. The van der Waals surface area contributed by atoms with E-state index in [0.717, 1.165) is 30.2 Å². The second-order valence-corrected chi connectivity index (χ2v) is 6.02. The van der Waals surface area contributed by atoms with Gasteiger partial charge in [-0.15, -0.1) is 0 Å². The van der Waals surface area contributed by atoms with Gasteiger partial charge in [0.15, 0.2) is 5.82 Å². The van der Waals surface area contributed by atoms with E-state index in [4.69, 9.17) is 10.5 Å². The van der Waals surface area contributed by atoms with Crippen molar-refractivity contribution in [2.24, 2.45) is 0 Å². The summed E-state index contributed by atoms with van der Waals surface area (Å²) in [6.07, 6.45) is 3.34. The average Bonchev–Trinajstić information content (AvgIpc) is 3.12. The van der Waals surface area contributed by atoms with Crippen LogP contribution in [0.25, 0.3) is 5.69 Å². The first-order chi connectivity index (χ1) is 12.3. The molecule has 4 rings (SSSR count). The first-order valence-corrected chi connectivity index (χ1v) is 8.29. The summed E-state index contributed by atoms with van der Waals surface area (Å²) in [5.74, 6) is 1.42. The maximum Gasteiger partial charge on any atom is 0.151 e. The summed E-state index contributed by atoms with van der Waals surface area (Å²) in [5, 5.41) is 4.41. The molecule has 128 valence electrons. The van der Waals surface area contributed by atoms with Crippen molar-refractivity contribution in [1.29, 1.82) is 0 Å². The fourth-order valence-electron chi connectivity index (χ4n) is 3.14. The second-order valence-electron chi connectivity index (χ2n) is 6.02. The zero-order chi connectivity index (χ0) is 17.1. The van der Waals surface area contributed by atoms with Gasteiger partial charge in [0.25, 0.3) is 0 Å². The Kier molecular flexibility index (Phi) is 4.41. The van der Waals surface area contributed by atoms with Crippen molar-refractivity contribution in [2.75, 3.05) is 25.5 Å². The molecular formula is C18H20N6O. The third kappa shape index (κ3) is 3.38. The van der Waals surface area contributed by atoms with E-state index in [9.17, 15) is 0 Å². The number of ether oxygens (including phenoxy) is 1. The lowest BCUT2D eigenvalue weighted by Crippen LogP contribution is -2.40. The Labute approximate surface area is 146 Å². The Bertz CT molecular complexity index is 834. The molecule has 0 aliphatic carbocycles. The van der Waals surface area contributed by atoms with Gasteiger partial charge in [-0.2, -0.15) is 5.10 Å². The van der Waals surface area contributed by atoms with Crippen LogP contribution in [0.5, 0.6) is 0 Å². The highest BCUT2D eigenvalue weighted by atomic mass is 16.5. The topological polar surface area (TPSA) is 82.1 Å². The Hall–Kier alpha value is -2.77. The minimum atomic E-state index is 0.0332. The highest BCUT2D eigenvalue weighted by Crippen LogP contribution is 2.26.